The summed E-state index contributed by atoms with van der Waals surface area (Å²) in [5.74, 6) is 0.207. The highest BCUT2D eigenvalue weighted by atomic mass is 16.5. The number of hydrogen-bond donors (Lipinski definition) is 3. The molecule has 1 aliphatic carbocycles. The van der Waals surface area contributed by atoms with Crippen molar-refractivity contribution >= 4 is 5.91 Å². The zero-order valence-corrected chi connectivity index (χ0v) is 12.5. The van der Waals surface area contributed by atoms with Crippen molar-refractivity contribution in [1.29, 1.82) is 0 Å². The number of amides is 1. The van der Waals surface area contributed by atoms with Gasteiger partial charge in [0.2, 0.25) is 5.76 Å². The predicted octanol–water partition coefficient (Wildman–Crippen LogP) is -0.375. The van der Waals surface area contributed by atoms with Crippen molar-refractivity contribution in [3.8, 4) is 0 Å². The van der Waals surface area contributed by atoms with Crippen molar-refractivity contribution < 1.29 is 9.53 Å². The molecule has 2 aliphatic rings. The lowest BCUT2D eigenvalue weighted by Gasteiger charge is -2.32. The van der Waals surface area contributed by atoms with Gasteiger partial charge in [0.1, 0.15) is 0 Å². The van der Waals surface area contributed by atoms with Crippen LogP contribution in [0.3, 0.4) is 0 Å². The summed E-state index contributed by atoms with van der Waals surface area (Å²) in [5.41, 5.74) is 6.93. The molecule has 0 aromatic carbocycles. The van der Waals surface area contributed by atoms with Crippen LogP contribution in [-0.4, -0.2) is 57.2 Å². The van der Waals surface area contributed by atoms with Gasteiger partial charge in [-0.05, 0) is 12.8 Å². The fourth-order valence-corrected chi connectivity index (χ4v) is 2.30. The Morgan fingerprint density at radius 2 is 2.05 bits per heavy atom. The molecule has 0 aromatic heterocycles. The summed E-state index contributed by atoms with van der Waals surface area (Å²) in [7, 11) is 1.62. The highest BCUT2D eigenvalue weighted by Gasteiger charge is 2.39. The number of carbonyl (C=O) groups is 1. The monoisotopic (exact) mass is 282 g/mol. The summed E-state index contributed by atoms with van der Waals surface area (Å²) in [6.07, 6.45) is 2.33. The molecule has 2 rings (SSSR count). The Hall–Kier alpha value is -1.27. The molecule has 6 heteroatoms. The predicted molar refractivity (Wildman–Crippen MR) is 77.9 cm³/mol. The highest BCUT2D eigenvalue weighted by Crippen LogP contribution is 2.45. The summed E-state index contributed by atoms with van der Waals surface area (Å²) in [6, 6.07) is 0. The Bertz CT molecular complexity index is 385. The van der Waals surface area contributed by atoms with Gasteiger partial charge in [0.25, 0.3) is 5.91 Å². The SMILES string of the molecule is CNC(=O)/C(OCC1(C)CC1)=C(\CN)N1CCNCC1. The smallest absolute Gasteiger partial charge is 0.288 e. The van der Waals surface area contributed by atoms with Crippen LogP contribution in [0, 0.1) is 5.41 Å². The average Bonchev–Trinajstić information content (AvgIpc) is 3.21. The van der Waals surface area contributed by atoms with Gasteiger partial charge in [0.05, 0.1) is 12.3 Å². The molecule has 2 fully saturated rings. The van der Waals surface area contributed by atoms with Gasteiger partial charge in [-0.3, -0.25) is 4.79 Å². The molecule has 1 saturated heterocycles. The Balaban J connectivity index is 2.14. The van der Waals surface area contributed by atoms with Crippen LogP contribution in [0.5, 0.6) is 0 Å². The third kappa shape index (κ3) is 3.64. The van der Waals surface area contributed by atoms with E-state index in [0.29, 0.717) is 18.9 Å². The first-order chi connectivity index (χ1) is 9.59. The van der Waals surface area contributed by atoms with Crippen molar-refractivity contribution in [1.82, 2.24) is 15.5 Å². The van der Waals surface area contributed by atoms with Crippen molar-refractivity contribution in [2.45, 2.75) is 19.8 Å². The van der Waals surface area contributed by atoms with E-state index in [4.69, 9.17) is 10.5 Å². The van der Waals surface area contributed by atoms with Gasteiger partial charge in [-0.25, -0.2) is 0 Å². The molecular weight excluding hydrogens is 256 g/mol. The summed E-state index contributed by atoms with van der Waals surface area (Å²) >= 11 is 0. The zero-order chi connectivity index (χ0) is 14.6. The van der Waals surface area contributed by atoms with Crippen molar-refractivity contribution in [2.24, 2.45) is 11.1 Å². The van der Waals surface area contributed by atoms with Gasteiger partial charge >= 0.3 is 0 Å². The topological polar surface area (TPSA) is 79.6 Å². The molecule has 0 atom stereocenters. The minimum Gasteiger partial charge on any atom is -0.486 e. The van der Waals surface area contributed by atoms with Gasteiger partial charge in [0.15, 0.2) is 0 Å². The van der Waals surface area contributed by atoms with Gasteiger partial charge in [-0.1, -0.05) is 6.92 Å². The van der Waals surface area contributed by atoms with E-state index in [9.17, 15) is 4.79 Å². The van der Waals surface area contributed by atoms with E-state index < -0.39 is 0 Å². The number of likely N-dealkylation sites (N-methyl/N-ethyl adjacent to an activating group) is 1. The summed E-state index contributed by atoms with van der Waals surface area (Å²) in [4.78, 5) is 14.2. The lowest BCUT2D eigenvalue weighted by Crippen LogP contribution is -2.45. The van der Waals surface area contributed by atoms with E-state index in [1.807, 2.05) is 0 Å². The first kappa shape index (κ1) is 15.1. The van der Waals surface area contributed by atoms with Gasteiger partial charge in [-0.2, -0.15) is 0 Å². The van der Waals surface area contributed by atoms with Crippen LogP contribution in [0.2, 0.25) is 0 Å². The third-order valence-corrected chi connectivity index (χ3v) is 4.06. The van der Waals surface area contributed by atoms with Gasteiger partial charge in [-0.15, -0.1) is 0 Å². The molecule has 114 valence electrons. The fourth-order valence-electron chi connectivity index (χ4n) is 2.30. The van der Waals surface area contributed by atoms with Crippen LogP contribution >= 0.6 is 0 Å². The first-order valence-corrected chi connectivity index (χ1v) is 7.33. The van der Waals surface area contributed by atoms with Crippen LogP contribution in [-0.2, 0) is 9.53 Å². The number of piperazine rings is 1. The van der Waals surface area contributed by atoms with Crippen LogP contribution in [0.15, 0.2) is 11.5 Å². The van der Waals surface area contributed by atoms with E-state index in [-0.39, 0.29) is 11.3 Å². The molecule has 1 amide bonds. The second-order valence-corrected chi connectivity index (χ2v) is 5.90. The van der Waals surface area contributed by atoms with Crippen LogP contribution in [0.4, 0.5) is 0 Å². The second-order valence-electron chi connectivity index (χ2n) is 5.90. The molecule has 0 bridgehead atoms. The quantitative estimate of drug-likeness (QED) is 0.457. The normalized spacial score (nSPS) is 22.1. The lowest BCUT2D eigenvalue weighted by atomic mass is 10.2. The lowest BCUT2D eigenvalue weighted by molar-refractivity contribution is -0.121. The van der Waals surface area contributed by atoms with Crippen molar-refractivity contribution in [3.63, 3.8) is 0 Å². The fraction of sp³-hybridized carbons (Fsp3) is 0.786. The molecule has 0 unspecified atom stereocenters. The Morgan fingerprint density at radius 3 is 2.55 bits per heavy atom. The van der Waals surface area contributed by atoms with Crippen LogP contribution in [0.1, 0.15) is 19.8 Å². The van der Waals surface area contributed by atoms with Crippen molar-refractivity contribution in [3.05, 3.63) is 11.5 Å². The minimum atomic E-state index is -0.187. The Labute approximate surface area is 120 Å². The van der Waals surface area contributed by atoms with Gasteiger partial charge < -0.3 is 26.0 Å². The van der Waals surface area contributed by atoms with Crippen molar-refractivity contribution in [2.75, 3.05) is 46.4 Å². The summed E-state index contributed by atoms with van der Waals surface area (Å²) in [6.45, 7) is 6.61. The molecule has 0 aromatic rings. The number of nitrogens with two attached hydrogens (primary N) is 1. The molecule has 6 nitrogen and oxygen atoms in total. The molecule has 0 spiro atoms. The van der Waals surface area contributed by atoms with Crippen LogP contribution in [0.25, 0.3) is 0 Å². The number of rotatable bonds is 6. The van der Waals surface area contributed by atoms with E-state index in [1.165, 1.54) is 12.8 Å². The Kier molecular flexibility index (Phi) is 4.88. The number of nitrogens with zero attached hydrogens (tertiary/aromatic N) is 1. The maximum absolute atomic E-state index is 12.1. The molecule has 20 heavy (non-hydrogen) atoms. The molecule has 1 heterocycles. The second kappa shape index (κ2) is 6.45. The summed E-state index contributed by atoms with van der Waals surface area (Å²) < 4.78 is 5.85. The van der Waals surface area contributed by atoms with E-state index in [0.717, 1.165) is 31.9 Å². The van der Waals surface area contributed by atoms with Crippen LogP contribution < -0.4 is 16.4 Å². The maximum Gasteiger partial charge on any atom is 0.288 e. The first-order valence-electron chi connectivity index (χ1n) is 7.33. The standard InChI is InChI=1S/C14H26N4O2/c1-14(3-4-14)10-20-12(13(19)16-2)11(9-15)18-7-5-17-6-8-18/h17H,3-10,15H2,1-2H3,(H,16,19)/b12-11-. The third-order valence-electron chi connectivity index (χ3n) is 4.06. The van der Waals surface area contributed by atoms with Gasteiger partial charge in [0, 0.05) is 45.2 Å². The van der Waals surface area contributed by atoms with E-state index >= 15 is 0 Å². The molecular formula is C14H26N4O2. The minimum absolute atomic E-state index is 0.187. The molecule has 4 N–H and O–H groups in total. The molecule has 1 aliphatic heterocycles. The largest absolute Gasteiger partial charge is 0.486 e. The Morgan fingerprint density at radius 1 is 1.40 bits per heavy atom. The van der Waals surface area contributed by atoms with E-state index in [1.54, 1.807) is 7.05 Å². The maximum atomic E-state index is 12.1. The number of hydrogen-bond acceptors (Lipinski definition) is 5. The molecule has 1 saturated carbocycles. The average molecular weight is 282 g/mol. The number of ether oxygens (including phenoxy) is 1. The summed E-state index contributed by atoms with van der Waals surface area (Å²) in [5, 5.41) is 5.95. The zero-order valence-electron chi connectivity index (χ0n) is 12.5. The molecule has 0 radical (unpaired) electrons. The number of carbonyl (C=O) groups excluding carboxylic acids is 1. The number of nitrogens with one attached hydrogen (secondary N) is 2. The highest BCUT2D eigenvalue weighted by molar-refractivity contribution is 5.91. The van der Waals surface area contributed by atoms with E-state index in [2.05, 4.69) is 22.5 Å².